The van der Waals surface area contributed by atoms with E-state index in [4.69, 9.17) is 0 Å². The maximum Gasteiger partial charge on any atom is 0.255 e. The number of hydrogen-bond acceptors (Lipinski definition) is 2. The van der Waals surface area contributed by atoms with Gasteiger partial charge < -0.3 is 10.2 Å². The maximum atomic E-state index is 13.0. The Morgan fingerprint density at radius 2 is 1.81 bits per heavy atom. The second-order valence-electron chi connectivity index (χ2n) is 7.75. The number of hydrogen-bond donors (Lipinski definition) is 1. The van der Waals surface area contributed by atoms with Crippen LogP contribution in [0.25, 0.3) is 0 Å². The SMILES string of the molecule is Cc1ccc([C@@H](CC(=O)NCCC(C)C)N2Cc3ccccc3C2=O)cc1. The lowest BCUT2D eigenvalue weighted by atomic mass is 10.00. The van der Waals surface area contributed by atoms with Crippen molar-refractivity contribution in [2.75, 3.05) is 6.54 Å². The largest absolute Gasteiger partial charge is 0.356 e. The van der Waals surface area contributed by atoms with Crippen LogP contribution in [0.5, 0.6) is 0 Å². The van der Waals surface area contributed by atoms with Crippen LogP contribution in [0.15, 0.2) is 48.5 Å². The third-order valence-corrected chi connectivity index (χ3v) is 5.11. The monoisotopic (exact) mass is 364 g/mol. The maximum absolute atomic E-state index is 13.0. The van der Waals surface area contributed by atoms with E-state index >= 15 is 0 Å². The molecule has 2 aromatic carbocycles. The number of rotatable bonds is 7. The van der Waals surface area contributed by atoms with Crippen LogP contribution in [-0.4, -0.2) is 23.3 Å². The van der Waals surface area contributed by atoms with Gasteiger partial charge in [-0.05, 0) is 36.5 Å². The van der Waals surface area contributed by atoms with E-state index in [2.05, 4.69) is 19.2 Å². The molecule has 4 heteroatoms. The van der Waals surface area contributed by atoms with Crippen molar-refractivity contribution < 1.29 is 9.59 Å². The Labute approximate surface area is 161 Å². The molecule has 0 saturated carbocycles. The summed E-state index contributed by atoms with van der Waals surface area (Å²) in [7, 11) is 0. The van der Waals surface area contributed by atoms with Crippen LogP contribution >= 0.6 is 0 Å². The summed E-state index contributed by atoms with van der Waals surface area (Å²) in [5.74, 6) is 0.545. The molecule has 1 heterocycles. The molecule has 1 N–H and O–H groups in total. The van der Waals surface area contributed by atoms with Gasteiger partial charge >= 0.3 is 0 Å². The van der Waals surface area contributed by atoms with Crippen LogP contribution in [-0.2, 0) is 11.3 Å². The van der Waals surface area contributed by atoms with Gasteiger partial charge in [0.1, 0.15) is 0 Å². The zero-order chi connectivity index (χ0) is 19.4. The van der Waals surface area contributed by atoms with E-state index in [1.165, 1.54) is 0 Å². The Bertz CT molecular complexity index is 811. The van der Waals surface area contributed by atoms with Gasteiger partial charge in [0, 0.05) is 18.7 Å². The third kappa shape index (κ3) is 4.57. The molecule has 2 aromatic rings. The second kappa shape index (κ2) is 8.38. The molecular weight excluding hydrogens is 336 g/mol. The van der Waals surface area contributed by atoms with Gasteiger partial charge in [-0.1, -0.05) is 61.9 Å². The quantitative estimate of drug-likeness (QED) is 0.799. The molecule has 142 valence electrons. The third-order valence-electron chi connectivity index (χ3n) is 5.11. The van der Waals surface area contributed by atoms with Crippen molar-refractivity contribution in [2.45, 2.75) is 46.2 Å². The molecule has 0 radical (unpaired) electrons. The number of nitrogens with one attached hydrogen (secondary N) is 1. The minimum absolute atomic E-state index is 0.00570. The van der Waals surface area contributed by atoms with Gasteiger partial charge in [0.15, 0.2) is 0 Å². The zero-order valence-electron chi connectivity index (χ0n) is 16.4. The minimum Gasteiger partial charge on any atom is -0.356 e. The molecule has 1 atom stereocenters. The summed E-state index contributed by atoms with van der Waals surface area (Å²) in [6, 6.07) is 15.6. The number of nitrogens with zero attached hydrogens (tertiary/aromatic N) is 1. The molecule has 0 aliphatic carbocycles. The number of fused-ring (bicyclic) bond motifs is 1. The summed E-state index contributed by atoms with van der Waals surface area (Å²) in [5, 5.41) is 3.01. The van der Waals surface area contributed by atoms with Crippen molar-refractivity contribution in [3.63, 3.8) is 0 Å². The van der Waals surface area contributed by atoms with Gasteiger partial charge in [-0.25, -0.2) is 0 Å². The lowest BCUT2D eigenvalue weighted by Crippen LogP contribution is -2.34. The highest BCUT2D eigenvalue weighted by Gasteiger charge is 2.34. The number of carbonyl (C=O) groups is 2. The van der Waals surface area contributed by atoms with E-state index < -0.39 is 0 Å². The summed E-state index contributed by atoms with van der Waals surface area (Å²) in [4.78, 5) is 27.4. The summed E-state index contributed by atoms with van der Waals surface area (Å²) < 4.78 is 0. The van der Waals surface area contributed by atoms with E-state index in [1.807, 2.05) is 60.4 Å². The van der Waals surface area contributed by atoms with Crippen LogP contribution < -0.4 is 5.32 Å². The first-order valence-corrected chi connectivity index (χ1v) is 9.68. The fourth-order valence-electron chi connectivity index (χ4n) is 3.47. The fourth-order valence-corrected chi connectivity index (χ4v) is 3.47. The second-order valence-corrected chi connectivity index (χ2v) is 7.75. The predicted molar refractivity (Wildman–Crippen MR) is 107 cm³/mol. The first kappa shape index (κ1) is 19.2. The average molecular weight is 364 g/mol. The van der Waals surface area contributed by atoms with Crippen molar-refractivity contribution in [3.8, 4) is 0 Å². The van der Waals surface area contributed by atoms with Gasteiger partial charge in [0.05, 0.1) is 12.5 Å². The van der Waals surface area contributed by atoms with Crippen molar-refractivity contribution >= 4 is 11.8 Å². The lowest BCUT2D eigenvalue weighted by Gasteiger charge is -2.28. The summed E-state index contributed by atoms with van der Waals surface area (Å²) >= 11 is 0. The van der Waals surface area contributed by atoms with E-state index in [-0.39, 0.29) is 24.3 Å². The topological polar surface area (TPSA) is 49.4 Å². The molecule has 1 aliphatic rings. The molecule has 0 fully saturated rings. The minimum atomic E-state index is -0.260. The average Bonchev–Trinajstić information content (AvgIpc) is 2.97. The highest BCUT2D eigenvalue weighted by molar-refractivity contribution is 5.98. The van der Waals surface area contributed by atoms with Crippen LogP contribution in [0.1, 0.15) is 59.8 Å². The zero-order valence-corrected chi connectivity index (χ0v) is 16.4. The normalized spacial score (nSPS) is 14.4. The number of aryl methyl sites for hydroxylation is 1. The molecule has 2 amide bonds. The summed E-state index contributed by atoms with van der Waals surface area (Å²) in [6.07, 6.45) is 1.23. The molecule has 0 unspecified atom stereocenters. The molecule has 0 spiro atoms. The van der Waals surface area contributed by atoms with Crippen LogP contribution in [0.2, 0.25) is 0 Å². The first-order valence-electron chi connectivity index (χ1n) is 9.68. The van der Waals surface area contributed by atoms with Gasteiger partial charge in [0.25, 0.3) is 5.91 Å². The van der Waals surface area contributed by atoms with Crippen LogP contribution in [0.3, 0.4) is 0 Å². The van der Waals surface area contributed by atoms with Crippen molar-refractivity contribution in [1.29, 1.82) is 0 Å². The molecule has 27 heavy (non-hydrogen) atoms. The van der Waals surface area contributed by atoms with Gasteiger partial charge in [-0.2, -0.15) is 0 Å². The molecule has 0 aromatic heterocycles. The van der Waals surface area contributed by atoms with Crippen molar-refractivity contribution in [3.05, 3.63) is 70.8 Å². The van der Waals surface area contributed by atoms with Crippen molar-refractivity contribution in [1.82, 2.24) is 10.2 Å². The van der Waals surface area contributed by atoms with Gasteiger partial charge in [-0.15, -0.1) is 0 Å². The number of amides is 2. The number of benzene rings is 2. The van der Waals surface area contributed by atoms with Crippen LogP contribution in [0, 0.1) is 12.8 Å². The lowest BCUT2D eigenvalue weighted by molar-refractivity contribution is -0.122. The van der Waals surface area contributed by atoms with E-state index in [0.29, 0.717) is 19.0 Å². The Morgan fingerprint density at radius 1 is 1.11 bits per heavy atom. The van der Waals surface area contributed by atoms with Crippen molar-refractivity contribution in [2.24, 2.45) is 5.92 Å². The molecular formula is C23H28N2O2. The number of carbonyl (C=O) groups excluding carboxylic acids is 2. The van der Waals surface area contributed by atoms with Gasteiger partial charge in [-0.3, -0.25) is 9.59 Å². The Morgan fingerprint density at radius 3 is 2.48 bits per heavy atom. The summed E-state index contributed by atoms with van der Waals surface area (Å²) in [5.41, 5.74) is 3.94. The highest BCUT2D eigenvalue weighted by atomic mass is 16.2. The van der Waals surface area contributed by atoms with Crippen LogP contribution in [0.4, 0.5) is 0 Å². The van der Waals surface area contributed by atoms with Gasteiger partial charge in [0.2, 0.25) is 5.91 Å². The summed E-state index contributed by atoms with van der Waals surface area (Å²) in [6.45, 7) is 7.54. The molecule has 1 aliphatic heterocycles. The Hall–Kier alpha value is -2.62. The molecule has 3 rings (SSSR count). The Balaban J connectivity index is 1.80. The Kier molecular flexibility index (Phi) is 5.94. The first-order chi connectivity index (χ1) is 13.0. The van der Waals surface area contributed by atoms with E-state index in [9.17, 15) is 9.59 Å². The fraction of sp³-hybridized carbons (Fsp3) is 0.391. The molecule has 4 nitrogen and oxygen atoms in total. The smallest absolute Gasteiger partial charge is 0.255 e. The van der Waals surface area contributed by atoms with E-state index in [0.717, 1.165) is 28.7 Å². The highest BCUT2D eigenvalue weighted by Crippen LogP contribution is 2.33. The standard InChI is InChI=1S/C23H28N2O2/c1-16(2)12-13-24-22(26)14-21(18-10-8-17(3)9-11-18)25-15-19-6-4-5-7-20(19)23(25)27/h4-11,16,21H,12-15H2,1-3H3,(H,24,26)/t21-/m1/s1. The molecule has 0 bridgehead atoms. The predicted octanol–water partition coefficient (Wildman–Crippen LogP) is 4.24. The van der Waals surface area contributed by atoms with E-state index in [1.54, 1.807) is 0 Å². The molecule has 0 saturated heterocycles.